The van der Waals surface area contributed by atoms with Crippen LogP contribution in [-0.4, -0.2) is 9.97 Å². The van der Waals surface area contributed by atoms with Crippen LogP contribution in [0.2, 0.25) is 0 Å². The summed E-state index contributed by atoms with van der Waals surface area (Å²) < 4.78 is 1.06. The molecular weight excluding hydrogens is 324 g/mol. The molecule has 1 aromatic carbocycles. The molecule has 3 N–H and O–H groups in total. The molecule has 1 atom stereocenters. The van der Waals surface area contributed by atoms with Crippen molar-refractivity contribution in [1.29, 1.82) is 0 Å². The molecule has 19 heavy (non-hydrogen) atoms. The summed E-state index contributed by atoms with van der Waals surface area (Å²) >= 11 is 5.18. The number of rotatable bonds is 3. The first-order valence-electron chi connectivity index (χ1n) is 5.68. The van der Waals surface area contributed by atoms with E-state index in [4.69, 9.17) is 5.84 Å². The third kappa shape index (κ3) is 2.40. The van der Waals surface area contributed by atoms with Crippen LogP contribution in [-0.2, 0) is 0 Å². The number of aromatic nitrogens is 2. The number of nitrogens with zero attached hydrogens (tertiary/aromatic N) is 2. The Morgan fingerprint density at radius 3 is 2.63 bits per heavy atom. The third-order valence-corrected chi connectivity index (χ3v) is 4.70. The van der Waals surface area contributed by atoms with Gasteiger partial charge in [0.15, 0.2) is 0 Å². The van der Waals surface area contributed by atoms with Crippen molar-refractivity contribution in [3.8, 4) is 0 Å². The Labute approximate surface area is 122 Å². The van der Waals surface area contributed by atoms with Crippen LogP contribution >= 0.6 is 27.3 Å². The Kier molecular flexibility index (Phi) is 3.56. The molecule has 4 nitrogen and oxygen atoms in total. The quantitative estimate of drug-likeness (QED) is 0.570. The van der Waals surface area contributed by atoms with E-state index in [1.54, 1.807) is 23.7 Å². The van der Waals surface area contributed by atoms with E-state index in [1.807, 2.05) is 23.6 Å². The van der Waals surface area contributed by atoms with Crippen LogP contribution in [0, 0.1) is 0 Å². The first-order valence-corrected chi connectivity index (χ1v) is 7.41. The van der Waals surface area contributed by atoms with Gasteiger partial charge in [0.25, 0.3) is 0 Å². The van der Waals surface area contributed by atoms with Crippen molar-refractivity contribution in [2.45, 2.75) is 6.04 Å². The standard InChI is InChI=1S/C13H11BrN4S/c14-10-7-19-6-9(10)13(18-15)8-1-2-11-12(5-8)17-4-3-16-11/h1-7,13,18H,15H2. The molecule has 1 unspecified atom stereocenters. The van der Waals surface area contributed by atoms with Crippen molar-refractivity contribution >= 4 is 38.3 Å². The fourth-order valence-electron chi connectivity index (χ4n) is 2.02. The summed E-state index contributed by atoms with van der Waals surface area (Å²) in [5.41, 5.74) is 6.79. The lowest BCUT2D eigenvalue weighted by molar-refractivity contribution is 0.637. The number of benzene rings is 1. The number of hydrogen-bond acceptors (Lipinski definition) is 5. The van der Waals surface area contributed by atoms with Crippen molar-refractivity contribution in [3.05, 3.63) is 57.0 Å². The van der Waals surface area contributed by atoms with Gasteiger partial charge in [0, 0.05) is 22.2 Å². The summed E-state index contributed by atoms with van der Waals surface area (Å²) in [5, 5.41) is 4.12. The van der Waals surface area contributed by atoms with Gasteiger partial charge in [-0.3, -0.25) is 15.8 Å². The van der Waals surface area contributed by atoms with Gasteiger partial charge in [0.2, 0.25) is 0 Å². The molecule has 0 saturated heterocycles. The van der Waals surface area contributed by atoms with Gasteiger partial charge in [-0.1, -0.05) is 6.07 Å². The monoisotopic (exact) mass is 334 g/mol. The molecule has 0 amide bonds. The maximum Gasteiger partial charge on any atom is 0.0890 e. The summed E-state index contributed by atoms with van der Waals surface area (Å²) in [5.74, 6) is 5.71. The smallest absolute Gasteiger partial charge is 0.0890 e. The fraction of sp³-hybridized carbons (Fsp3) is 0.0769. The maximum absolute atomic E-state index is 5.71. The predicted octanol–water partition coefficient (Wildman–Crippen LogP) is 3.01. The van der Waals surface area contributed by atoms with Gasteiger partial charge < -0.3 is 0 Å². The summed E-state index contributed by atoms with van der Waals surface area (Å²) in [6.07, 6.45) is 3.38. The van der Waals surface area contributed by atoms with Gasteiger partial charge >= 0.3 is 0 Å². The zero-order chi connectivity index (χ0) is 13.2. The minimum Gasteiger partial charge on any atom is -0.271 e. The molecular formula is C13H11BrN4S. The topological polar surface area (TPSA) is 63.8 Å². The van der Waals surface area contributed by atoms with Gasteiger partial charge in [-0.25, -0.2) is 5.43 Å². The molecule has 3 aromatic rings. The molecule has 0 spiro atoms. The molecule has 0 aliphatic carbocycles. The Hall–Kier alpha value is -1.34. The zero-order valence-electron chi connectivity index (χ0n) is 9.88. The van der Waals surface area contributed by atoms with Crippen LogP contribution < -0.4 is 11.3 Å². The molecule has 6 heteroatoms. The number of thiophene rings is 1. The fourth-order valence-corrected chi connectivity index (χ4v) is 3.57. The number of hydrazine groups is 1. The molecule has 2 aromatic heterocycles. The normalized spacial score (nSPS) is 12.7. The van der Waals surface area contributed by atoms with Crippen molar-refractivity contribution in [1.82, 2.24) is 15.4 Å². The number of halogens is 1. The Morgan fingerprint density at radius 2 is 1.95 bits per heavy atom. The minimum absolute atomic E-state index is 0.0629. The number of nitrogens with two attached hydrogens (primary N) is 1. The highest BCUT2D eigenvalue weighted by molar-refractivity contribution is 9.10. The van der Waals surface area contributed by atoms with Crippen molar-refractivity contribution < 1.29 is 0 Å². The second-order valence-corrected chi connectivity index (χ2v) is 5.68. The van der Waals surface area contributed by atoms with Crippen molar-refractivity contribution in [2.75, 3.05) is 0 Å². The van der Waals surface area contributed by atoms with Gasteiger partial charge in [0.1, 0.15) is 0 Å². The van der Waals surface area contributed by atoms with E-state index in [2.05, 4.69) is 36.7 Å². The van der Waals surface area contributed by atoms with Crippen LogP contribution in [0.1, 0.15) is 17.2 Å². The number of nitrogens with one attached hydrogen (secondary N) is 1. The lowest BCUT2D eigenvalue weighted by Gasteiger charge is -2.16. The second-order valence-electron chi connectivity index (χ2n) is 4.08. The lowest BCUT2D eigenvalue weighted by Crippen LogP contribution is -2.28. The minimum atomic E-state index is -0.0629. The molecule has 0 saturated carbocycles. The zero-order valence-corrected chi connectivity index (χ0v) is 12.3. The highest BCUT2D eigenvalue weighted by Crippen LogP contribution is 2.31. The third-order valence-electron chi connectivity index (χ3n) is 2.95. The molecule has 0 aliphatic heterocycles. The molecule has 0 bridgehead atoms. The van der Waals surface area contributed by atoms with E-state index in [0.717, 1.165) is 26.6 Å². The largest absolute Gasteiger partial charge is 0.271 e. The summed E-state index contributed by atoms with van der Waals surface area (Å²) in [4.78, 5) is 8.59. The summed E-state index contributed by atoms with van der Waals surface area (Å²) in [7, 11) is 0. The molecule has 0 aliphatic rings. The predicted molar refractivity (Wildman–Crippen MR) is 80.7 cm³/mol. The van der Waals surface area contributed by atoms with Gasteiger partial charge in [0.05, 0.1) is 17.1 Å². The SMILES string of the molecule is NNC(c1ccc2nccnc2c1)c1cscc1Br. The van der Waals surface area contributed by atoms with Gasteiger partial charge in [-0.05, 0) is 44.6 Å². The van der Waals surface area contributed by atoms with E-state index in [0.29, 0.717) is 0 Å². The molecule has 0 radical (unpaired) electrons. The molecule has 96 valence electrons. The van der Waals surface area contributed by atoms with Crippen LogP contribution in [0.15, 0.2) is 45.8 Å². The first kappa shape index (κ1) is 12.7. The molecule has 3 rings (SSSR count). The number of fused-ring (bicyclic) bond motifs is 1. The van der Waals surface area contributed by atoms with Gasteiger partial charge in [-0.2, -0.15) is 11.3 Å². The highest BCUT2D eigenvalue weighted by Gasteiger charge is 2.16. The Balaban J connectivity index is 2.09. The van der Waals surface area contributed by atoms with Crippen molar-refractivity contribution in [2.24, 2.45) is 5.84 Å². The lowest BCUT2D eigenvalue weighted by atomic mass is 10.0. The molecule has 2 heterocycles. The second kappa shape index (κ2) is 5.34. The van der Waals surface area contributed by atoms with Gasteiger partial charge in [-0.15, -0.1) is 0 Å². The first-order chi connectivity index (χ1) is 9.29. The summed E-state index contributed by atoms with van der Waals surface area (Å²) in [6, 6.07) is 5.93. The Morgan fingerprint density at radius 1 is 1.16 bits per heavy atom. The summed E-state index contributed by atoms with van der Waals surface area (Å²) in [6.45, 7) is 0. The van der Waals surface area contributed by atoms with E-state index in [-0.39, 0.29) is 6.04 Å². The maximum atomic E-state index is 5.71. The van der Waals surface area contributed by atoms with Crippen molar-refractivity contribution in [3.63, 3.8) is 0 Å². The molecule has 0 fully saturated rings. The highest BCUT2D eigenvalue weighted by atomic mass is 79.9. The van der Waals surface area contributed by atoms with Crippen LogP contribution in [0.3, 0.4) is 0 Å². The van der Waals surface area contributed by atoms with Crippen LogP contribution in [0.25, 0.3) is 11.0 Å². The van der Waals surface area contributed by atoms with E-state index < -0.39 is 0 Å². The average molecular weight is 335 g/mol. The van der Waals surface area contributed by atoms with E-state index in [1.165, 1.54) is 0 Å². The van der Waals surface area contributed by atoms with E-state index >= 15 is 0 Å². The van der Waals surface area contributed by atoms with E-state index in [9.17, 15) is 0 Å². The number of hydrogen-bond donors (Lipinski definition) is 2. The Bertz CT molecular complexity index is 712. The van der Waals surface area contributed by atoms with Crippen LogP contribution in [0.5, 0.6) is 0 Å². The average Bonchev–Trinajstić information content (AvgIpc) is 2.86. The van der Waals surface area contributed by atoms with Crippen LogP contribution in [0.4, 0.5) is 0 Å².